The molecular formula is C11H23NO2. The molecule has 14 heavy (non-hydrogen) atoms. The van der Waals surface area contributed by atoms with Crippen molar-refractivity contribution in [3.63, 3.8) is 0 Å². The summed E-state index contributed by atoms with van der Waals surface area (Å²) < 4.78 is 5.38. The number of nitrogens with zero attached hydrogens (tertiary/aromatic N) is 1. The van der Waals surface area contributed by atoms with Crippen molar-refractivity contribution in [1.29, 1.82) is 0 Å². The lowest BCUT2D eigenvalue weighted by molar-refractivity contribution is -0.0189. The van der Waals surface area contributed by atoms with E-state index >= 15 is 0 Å². The fraction of sp³-hybridized carbons (Fsp3) is 1.00. The van der Waals surface area contributed by atoms with Gasteiger partial charge in [-0.15, -0.1) is 0 Å². The summed E-state index contributed by atoms with van der Waals surface area (Å²) in [5.74, 6) is 0.298. The normalized spacial score (nSPS) is 24.6. The molecule has 0 radical (unpaired) electrons. The van der Waals surface area contributed by atoms with Crippen LogP contribution >= 0.6 is 0 Å². The predicted octanol–water partition coefficient (Wildman–Crippen LogP) is 1.12. The van der Waals surface area contributed by atoms with Crippen LogP contribution in [0.3, 0.4) is 0 Å². The van der Waals surface area contributed by atoms with Crippen molar-refractivity contribution >= 4 is 0 Å². The molecule has 3 heteroatoms. The second kappa shape index (κ2) is 5.10. The highest BCUT2D eigenvalue weighted by Gasteiger charge is 2.27. The summed E-state index contributed by atoms with van der Waals surface area (Å²) in [6, 6.07) is 0. The molecule has 0 aromatic rings. The maximum atomic E-state index is 10.2. The van der Waals surface area contributed by atoms with Crippen LogP contribution in [0.25, 0.3) is 0 Å². The number of β-amino-alcohol motifs (C(OH)–C–C–N with tert-alkyl or cyclic N) is 1. The minimum absolute atomic E-state index is 0.298. The van der Waals surface area contributed by atoms with Gasteiger partial charge in [-0.3, -0.25) is 4.90 Å². The van der Waals surface area contributed by atoms with E-state index in [1.54, 1.807) is 0 Å². The molecule has 0 bridgehead atoms. The predicted molar refractivity (Wildman–Crippen MR) is 57.3 cm³/mol. The van der Waals surface area contributed by atoms with Gasteiger partial charge in [0.05, 0.1) is 12.2 Å². The molecule has 0 aromatic carbocycles. The van der Waals surface area contributed by atoms with E-state index in [9.17, 15) is 5.11 Å². The van der Waals surface area contributed by atoms with Crippen LogP contribution in [-0.2, 0) is 4.74 Å². The lowest BCUT2D eigenvalue weighted by atomic mass is 9.92. The fourth-order valence-electron chi connectivity index (χ4n) is 1.59. The third kappa shape index (κ3) is 3.56. The summed E-state index contributed by atoms with van der Waals surface area (Å²) in [6.45, 7) is 10.5. The Labute approximate surface area is 87.1 Å². The lowest BCUT2D eigenvalue weighted by Crippen LogP contribution is -2.45. The molecule has 1 saturated heterocycles. The third-order valence-electron chi connectivity index (χ3n) is 3.10. The van der Waals surface area contributed by atoms with Gasteiger partial charge < -0.3 is 9.84 Å². The number of hydrogen-bond acceptors (Lipinski definition) is 3. The first kappa shape index (κ1) is 12.0. The van der Waals surface area contributed by atoms with Gasteiger partial charge in [-0.05, 0) is 19.3 Å². The second-order valence-corrected chi connectivity index (χ2v) is 4.75. The Morgan fingerprint density at radius 1 is 1.36 bits per heavy atom. The second-order valence-electron chi connectivity index (χ2n) is 4.75. The molecular weight excluding hydrogens is 178 g/mol. The molecule has 1 fully saturated rings. The van der Waals surface area contributed by atoms with Gasteiger partial charge in [0.25, 0.3) is 0 Å². The summed E-state index contributed by atoms with van der Waals surface area (Å²) in [7, 11) is 0. The Balaban J connectivity index is 2.41. The van der Waals surface area contributed by atoms with Crippen LogP contribution in [0.4, 0.5) is 0 Å². The van der Waals surface area contributed by atoms with Gasteiger partial charge >= 0.3 is 0 Å². The first-order valence-corrected chi connectivity index (χ1v) is 5.55. The van der Waals surface area contributed by atoms with Gasteiger partial charge in [-0.25, -0.2) is 0 Å². The zero-order valence-corrected chi connectivity index (χ0v) is 9.62. The van der Waals surface area contributed by atoms with Crippen LogP contribution in [0.15, 0.2) is 0 Å². The summed E-state index contributed by atoms with van der Waals surface area (Å²) in [5.41, 5.74) is -0.579. The molecule has 0 aromatic heterocycles. The molecule has 0 saturated carbocycles. The third-order valence-corrected chi connectivity index (χ3v) is 3.10. The van der Waals surface area contributed by atoms with E-state index in [2.05, 4.69) is 18.7 Å². The highest BCUT2D eigenvalue weighted by molar-refractivity contribution is 4.81. The van der Waals surface area contributed by atoms with Gasteiger partial charge in [0, 0.05) is 26.2 Å². The topological polar surface area (TPSA) is 32.7 Å². The molecule has 1 atom stereocenters. The van der Waals surface area contributed by atoms with Crippen molar-refractivity contribution in [2.75, 3.05) is 32.8 Å². The molecule has 1 aliphatic rings. The molecule has 1 rings (SSSR count). The van der Waals surface area contributed by atoms with E-state index in [4.69, 9.17) is 4.74 Å². The van der Waals surface area contributed by atoms with E-state index < -0.39 is 5.60 Å². The first-order chi connectivity index (χ1) is 6.52. The zero-order chi connectivity index (χ0) is 10.6. The summed E-state index contributed by atoms with van der Waals surface area (Å²) in [5, 5.41) is 10.2. The molecule has 1 aliphatic heterocycles. The lowest BCUT2D eigenvalue weighted by Gasteiger charge is -2.33. The molecule has 1 unspecified atom stereocenters. The Bertz CT molecular complexity index is 161. The minimum Gasteiger partial charge on any atom is -0.389 e. The number of ether oxygens (including phenoxy) is 1. The van der Waals surface area contributed by atoms with Crippen LogP contribution in [0.2, 0.25) is 0 Å². The monoisotopic (exact) mass is 201 g/mol. The minimum atomic E-state index is -0.579. The average molecular weight is 201 g/mol. The van der Waals surface area contributed by atoms with Crippen molar-refractivity contribution in [3.8, 4) is 0 Å². The van der Waals surface area contributed by atoms with Crippen LogP contribution in [0, 0.1) is 5.92 Å². The Morgan fingerprint density at radius 2 is 2.07 bits per heavy atom. The molecule has 0 amide bonds. The Kier molecular flexibility index (Phi) is 4.35. The molecule has 1 N–H and O–H groups in total. The van der Waals surface area contributed by atoms with Crippen molar-refractivity contribution in [3.05, 3.63) is 0 Å². The molecule has 3 nitrogen and oxygen atoms in total. The first-order valence-electron chi connectivity index (χ1n) is 5.55. The highest BCUT2D eigenvalue weighted by Crippen LogP contribution is 2.18. The number of hydrogen-bond donors (Lipinski definition) is 1. The van der Waals surface area contributed by atoms with E-state index in [-0.39, 0.29) is 0 Å². The maximum absolute atomic E-state index is 10.2. The SMILES string of the molecule is CC(C)C(C)(O)CN1CCCOCC1. The largest absolute Gasteiger partial charge is 0.389 e. The number of aliphatic hydroxyl groups is 1. The molecule has 84 valence electrons. The summed E-state index contributed by atoms with van der Waals surface area (Å²) >= 11 is 0. The van der Waals surface area contributed by atoms with Crippen molar-refractivity contribution < 1.29 is 9.84 Å². The highest BCUT2D eigenvalue weighted by atomic mass is 16.5. The maximum Gasteiger partial charge on any atom is 0.0768 e. The van der Waals surface area contributed by atoms with Crippen LogP contribution in [0.1, 0.15) is 27.2 Å². The van der Waals surface area contributed by atoms with Gasteiger partial charge in [0.2, 0.25) is 0 Å². The van der Waals surface area contributed by atoms with E-state index in [0.29, 0.717) is 5.92 Å². The smallest absolute Gasteiger partial charge is 0.0768 e. The summed E-state index contributed by atoms with van der Waals surface area (Å²) in [6.07, 6.45) is 1.08. The molecule has 1 heterocycles. The van der Waals surface area contributed by atoms with Gasteiger partial charge in [0.15, 0.2) is 0 Å². The standard InChI is InChI=1S/C11H23NO2/c1-10(2)11(3,13)9-12-5-4-7-14-8-6-12/h10,13H,4-9H2,1-3H3. The number of rotatable bonds is 3. The van der Waals surface area contributed by atoms with E-state index in [1.165, 1.54) is 0 Å². The van der Waals surface area contributed by atoms with Crippen molar-refractivity contribution in [1.82, 2.24) is 4.90 Å². The van der Waals surface area contributed by atoms with Gasteiger partial charge in [-0.2, -0.15) is 0 Å². The summed E-state index contributed by atoms with van der Waals surface area (Å²) in [4.78, 5) is 2.30. The van der Waals surface area contributed by atoms with Gasteiger partial charge in [-0.1, -0.05) is 13.8 Å². The van der Waals surface area contributed by atoms with Crippen LogP contribution in [0.5, 0.6) is 0 Å². The van der Waals surface area contributed by atoms with E-state index in [1.807, 2.05) is 6.92 Å². The Morgan fingerprint density at radius 3 is 2.71 bits per heavy atom. The average Bonchev–Trinajstić information content (AvgIpc) is 2.32. The van der Waals surface area contributed by atoms with Crippen molar-refractivity contribution in [2.24, 2.45) is 5.92 Å². The zero-order valence-electron chi connectivity index (χ0n) is 9.62. The van der Waals surface area contributed by atoms with Crippen LogP contribution < -0.4 is 0 Å². The fourth-order valence-corrected chi connectivity index (χ4v) is 1.59. The van der Waals surface area contributed by atoms with Gasteiger partial charge in [0.1, 0.15) is 0 Å². The quantitative estimate of drug-likeness (QED) is 0.742. The molecule has 0 aliphatic carbocycles. The molecule has 0 spiro atoms. The Hall–Kier alpha value is -0.120. The van der Waals surface area contributed by atoms with Crippen LogP contribution in [-0.4, -0.2) is 48.5 Å². The van der Waals surface area contributed by atoms with Crippen molar-refractivity contribution in [2.45, 2.75) is 32.8 Å². The van der Waals surface area contributed by atoms with E-state index in [0.717, 1.165) is 39.3 Å².